The Bertz CT molecular complexity index is 739. The van der Waals surface area contributed by atoms with E-state index in [1.54, 1.807) is 24.3 Å². The summed E-state index contributed by atoms with van der Waals surface area (Å²) >= 11 is 0. The number of hydrogen-bond donors (Lipinski definition) is 2. The van der Waals surface area contributed by atoms with Gasteiger partial charge in [0.1, 0.15) is 0 Å². The predicted octanol–water partition coefficient (Wildman–Crippen LogP) is 4.20. The molecule has 3 rings (SSSR count). The zero-order valence-corrected chi connectivity index (χ0v) is 14.5. The molecule has 0 saturated heterocycles. The Kier molecular flexibility index (Phi) is 5.03. The van der Waals surface area contributed by atoms with Gasteiger partial charge >= 0.3 is 6.03 Å². The molecule has 5 heteroatoms. The summed E-state index contributed by atoms with van der Waals surface area (Å²) in [6, 6.07) is 16.2. The molecule has 1 fully saturated rings. The number of carbonyl (C=O) groups is 2. The van der Waals surface area contributed by atoms with E-state index in [1.807, 2.05) is 42.3 Å². The average Bonchev–Trinajstić information content (AvgIpc) is 3.46. The number of amides is 3. The maximum absolute atomic E-state index is 12.5. The molecule has 0 bridgehead atoms. The number of rotatable bonds is 5. The zero-order chi connectivity index (χ0) is 17.8. The molecule has 1 unspecified atom stereocenters. The summed E-state index contributed by atoms with van der Waals surface area (Å²) < 4.78 is 0. The highest BCUT2D eigenvalue weighted by Crippen LogP contribution is 2.35. The molecule has 0 heterocycles. The van der Waals surface area contributed by atoms with Crippen LogP contribution in [0.25, 0.3) is 0 Å². The maximum atomic E-state index is 12.5. The molecule has 5 nitrogen and oxygen atoms in total. The molecular weight excluding hydrogens is 314 g/mol. The number of para-hydroxylation sites is 1. The van der Waals surface area contributed by atoms with Crippen molar-refractivity contribution < 1.29 is 9.59 Å². The number of anilines is 2. The van der Waals surface area contributed by atoms with Gasteiger partial charge in [0.15, 0.2) is 0 Å². The number of hydrogen-bond acceptors (Lipinski definition) is 2. The molecule has 1 saturated carbocycles. The van der Waals surface area contributed by atoms with Gasteiger partial charge in [0.2, 0.25) is 0 Å². The molecule has 130 valence electrons. The third-order valence-corrected chi connectivity index (χ3v) is 4.66. The van der Waals surface area contributed by atoms with Crippen LogP contribution in [0.3, 0.4) is 0 Å². The van der Waals surface area contributed by atoms with Crippen molar-refractivity contribution in [2.75, 3.05) is 17.7 Å². The van der Waals surface area contributed by atoms with Crippen LogP contribution in [0.5, 0.6) is 0 Å². The van der Waals surface area contributed by atoms with Gasteiger partial charge in [-0.25, -0.2) is 4.79 Å². The van der Waals surface area contributed by atoms with E-state index in [9.17, 15) is 9.59 Å². The molecule has 1 aliphatic carbocycles. The second-order valence-corrected chi connectivity index (χ2v) is 6.52. The quantitative estimate of drug-likeness (QED) is 0.859. The van der Waals surface area contributed by atoms with E-state index < -0.39 is 0 Å². The molecule has 1 atom stereocenters. The van der Waals surface area contributed by atoms with E-state index in [4.69, 9.17) is 0 Å². The van der Waals surface area contributed by atoms with Gasteiger partial charge in [0.25, 0.3) is 5.91 Å². The van der Waals surface area contributed by atoms with Crippen molar-refractivity contribution in [2.45, 2.75) is 25.8 Å². The fourth-order valence-electron chi connectivity index (χ4n) is 2.79. The summed E-state index contributed by atoms with van der Waals surface area (Å²) in [5, 5.41) is 5.52. The molecule has 0 aromatic heterocycles. The lowest BCUT2D eigenvalue weighted by Crippen LogP contribution is -2.36. The first-order valence-electron chi connectivity index (χ1n) is 8.55. The third kappa shape index (κ3) is 4.38. The van der Waals surface area contributed by atoms with E-state index in [0.717, 1.165) is 5.69 Å². The van der Waals surface area contributed by atoms with E-state index >= 15 is 0 Å². The lowest BCUT2D eigenvalue weighted by atomic mass is 10.1. The molecule has 2 aromatic rings. The zero-order valence-electron chi connectivity index (χ0n) is 14.5. The monoisotopic (exact) mass is 337 g/mol. The van der Waals surface area contributed by atoms with Crippen LogP contribution in [0, 0.1) is 5.92 Å². The Morgan fingerprint density at radius 1 is 0.960 bits per heavy atom. The van der Waals surface area contributed by atoms with Gasteiger partial charge in [-0.2, -0.15) is 0 Å². The molecule has 0 aliphatic heterocycles. The van der Waals surface area contributed by atoms with Crippen LogP contribution in [0.15, 0.2) is 54.6 Å². The van der Waals surface area contributed by atoms with Crippen LogP contribution in [0.2, 0.25) is 0 Å². The summed E-state index contributed by atoms with van der Waals surface area (Å²) in [6.07, 6.45) is 2.41. The van der Waals surface area contributed by atoms with Gasteiger partial charge in [0, 0.05) is 30.0 Å². The number of urea groups is 1. The number of carbonyl (C=O) groups excluding carboxylic acids is 2. The summed E-state index contributed by atoms with van der Waals surface area (Å²) in [5.74, 6) is 0.649. The largest absolute Gasteiger partial charge is 0.339 e. The first-order valence-corrected chi connectivity index (χ1v) is 8.55. The van der Waals surface area contributed by atoms with Crippen LogP contribution in [0.1, 0.15) is 30.1 Å². The minimum Gasteiger partial charge on any atom is -0.339 e. The van der Waals surface area contributed by atoms with Crippen molar-refractivity contribution in [2.24, 2.45) is 5.92 Å². The van der Waals surface area contributed by atoms with Crippen molar-refractivity contribution in [1.82, 2.24) is 4.90 Å². The van der Waals surface area contributed by atoms with Crippen molar-refractivity contribution in [3.63, 3.8) is 0 Å². The Hall–Kier alpha value is -2.82. The van der Waals surface area contributed by atoms with Gasteiger partial charge in [-0.15, -0.1) is 0 Å². The van der Waals surface area contributed by atoms with Crippen LogP contribution < -0.4 is 10.6 Å². The Balaban J connectivity index is 1.58. The normalized spacial score (nSPS) is 14.5. The fraction of sp³-hybridized carbons (Fsp3) is 0.300. The van der Waals surface area contributed by atoms with E-state index in [-0.39, 0.29) is 18.0 Å². The Labute approximate surface area is 148 Å². The second kappa shape index (κ2) is 7.38. The summed E-state index contributed by atoms with van der Waals surface area (Å²) in [7, 11) is 1.85. The highest BCUT2D eigenvalue weighted by Gasteiger charge is 2.32. The third-order valence-electron chi connectivity index (χ3n) is 4.66. The molecule has 25 heavy (non-hydrogen) atoms. The van der Waals surface area contributed by atoms with Crippen LogP contribution in [-0.2, 0) is 0 Å². The maximum Gasteiger partial charge on any atom is 0.323 e. The van der Waals surface area contributed by atoms with Crippen LogP contribution in [-0.4, -0.2) is 29.9 Å². The smallest absolute Gasteiger partial charge is 0.323 e. The topological polar surface area (TPSA) is 61.4 Å². The van der Waals surface area contributed by atoms with Gasteiger partial charge < -0.3 is 15.5 Å². The highest BCUT2D eigenvalue weighted by atomic mass is 16.2. The minimum absolute atomic E-state index is 0.0136. The molecule has 0 spiro atoms. The summed E-state index contributed by atoms with van der Waals surface area (Å²) in [6.45, 7) is 2.10. The lowest BCUT2D eigenvalue weighted by Gasteiger charge is -2.25. The molecule has 2 aromatic carbocycles. The molecular formula is C20H23N3O2. The van der Waals surface area contributed by atoms with Gasteiger partial charge in [-0.3, -0.25) is 4.79 Å². The van der Waals surface area contributed by atoms with E-state index in [1.165, 1.54) is 12.8 Å². The van der Waals surface area contributed by atoms with Crippen molar-refractivity contribution in [3.8, 4) is 0 Å². The predicted molar refractivity (Wildman–Crippen MR) is 99.8 cm³/mol. The molecule has 0 radical (unpaired) electrons. The highest BCUT2D eigenvalue weighted by molar-refractivity contribution is 6.00. The van der Waals surface area contributed by atoms with E-state index in [0.29, 0.717) is 17.2 Å². The SMILES string of the molecule is CC(C1CC1)N(C)C(=O)c1ccc(NC(=O)Nc2ccccc2)cc1. The number of nitrogens with one attached hydrogen (secondary N) is 2. The number of benzene rings is 2. The minimum atomic E-state index is -0.315. The summed E-state index contributed by atoms with van der Waals surface area (Å²) in [5.41, 5.74) is 1.99. The fourth-order valence-corrected chi connectivity index (χ4v) is 2.79. The average molecular weight is 337 g/mol. The van der Waals surface area contributed by atoms with Gasteiger partial charge in [-0.05, 0) is 62.1 Å². The first-order chi connectivity index (χ1) is 12.0. The van der Waals surface area contributed by atoms with E-state index in [2.05, 4.69) is 17.6 Å². The van der Waals surface area contributed by atoms with Crippen molar-refractivity contribution in [3.05, 3.63) is 60.2 Å². The van der Waals surface area contributed by atoms with Crippen LogP contribution >= 0.6 is 0 Å². The Morgan fingerprint density at radius 3 is 2.08 bits per heavy atom. The number of nitrogens with zero attached hydrogens (tertiary/aromatic N) is 1. The van der Waals surface area contributed by atoms with Crippen molar-refractivity contribution >= 4 is 23.3 Å². The van der Waals surface area contributed by atoms with Gasteiger partial charge in [0.05, 0.1) is 0 Å². The first kappa shape index (κ1) is 17.0. The van der Waals surface area contributed by atoms with Crippen LogP contribution in [0.4, 0.5) is 16.2 Å². The molecule has 1 aliphatic rings. The molecule has 2 N–H and O–H groups in total. The lowest BCUT2D eigenvalue weighted by molar-refractivity contribution is 0.0727. The Morgan fingerprint density at radius 2 is 1.52 bits per heavy atom. The molecule has 3 amide bonds. The summed E-state index contributed by atoms with van der Waals surface area (Å²) in [4.78, 5) is 26.3. The van der Waals surface area contributed by atoms with Crippen molar-refractivity contribution in [1.29, 1.82) is 0 Å². The standard InChI is InChI=1S/C20H23N3O2/c1-14(15-8-9-15)23(2)19(24)16-10-12-18(13-11-16)22-20(25)21-17-6-4-3-5-7-17/h3-7,10-15H,8-9H2,1-2H3,(H2,21,22,25). The van der Waals surface area contributed by atoms with Gasteiger partial charge in [-0.1, -0.05) is 18.2 Å². The second-order valence-electron chi connectivity index (χ2n) is 6.52.